The highest BCUT2D eigenvalue weighted by atomic mass is 35.5. The average Bonchev–Trinajstić information content (AvgIpc) is 3.14. The van der Waals surface area contributed by atoms with Gasteiger partial charge in [-0.25, -0.2) is 12.8 Å². The van der Waals surface area contributed by atoms with Gasteiger partial charge in [0, 0.05) is 23.7 Å². The Labute approximate surface area is 179 Å². The Morgan fingerprint density at radius 3 is 2.23 bits per heavy atom. The van der Waals surface area contributed by atoms with Gasteiger partial charge < -0.3 is 14.1 Å². The normalized spacial score (nSPS) is 19.8. The highest BCUT2D eigenvalue weighted by molar-refractivity contribution is 7.91. The largest absolute Gasteiger partial charge is 0.419 e. The van der Waals surface area contributed by atoms with E-state index in [0.29, 0.717) is 23.7 Å². The molecule has 0 aliphatic carbocycles. The second kappa shape index (κ2) is 8.02. The van der Waals surface area contributed by atoms with Gasteiger partial charge in [0.1, 0.15) is 5.82 Å². The van der Waals surface area contributed by atoms with Gasteiger partial charge >= 0.3 is 0 Å². The van der Waals surface area contributed by atoms with Crippen molar-refractivity contribution in [3.05, 3.63) is 59.4 Å². The van der Waals surface area contributed by atoms with E-state index in [0.717, 1.165) is 0 Å². The Morgan fingerprint density at radius 2 is 1.63 bits per heavy atom. The van der Waals surface area contributed by atoms with Crippen LogP contribution in [0.1, 0.15) is 13.8 Å². The topological polar surface area (TPSA) is 72.6 Å². The summed E-state index contributed by atoms with van der Waals surface area (Å²) in [7, 11) is -3.99. The van der Waals surface area contributed by atoms with Crippen LogP contribution >= 0.6 is 11.6 Å². The van der Waals surface area contributed by atoms with E-state index in [4.69, 9.17) is 20.8 Å². The van der Waals surface area contributed by atoms with Crippen LogP contribution in [-0.2, 0) is 14.6 Å². The molecule has 0 unspecified atom stereocenters. The second-order valence-corrected chi connectivity index (χ2v) is 9.56. The Kier molecular flexibility index (Phi) is 5.57. The van der Waals surface area contributed by atoms with Crippen LogP contribution in [-0.4, -0.2) is 38.7 Å². The predicted molar refractivity (Wildman–Crippen MR) is 111 cm³/mol. The number of ether oxygens (including phenoxy) is 1. The molecule has 1 aromatic heterocycles. The quantitative estimate of drug-likeness (QED) is 0.579. The van der Waals surface area contributed by atoms with E-state index in [1.54, 1.807) is 0 Å². The van der Waals surface area contributed by atoms with Crippen LogP contribution in [0.2, 0.25) is 5.02 Å². The minimum absolute atomic E-state index is 0.0569. The molecule has 30 heavy (non-hydrogen) atoms. The van der Waals surface area contributed by atoms with Crippen molar-refractivity contribution in [2.24, 2.45) is 0 Å². The van der Waals surface area contributed by atoms with Crippen LogP contribution in [0, 0.1) is 5.82 Å². The summed E-state index contributed by atoms with van der Waals surface area (Å²) in [4.78, 5) is 6.19. The second-order valence-electron chi connectivity index (χ2n) is 7.26. The number of morpholine rings is 1. The van der Waals surface area contributed by atoms with E-state index in [2.05, 4.69) is 4.98 Å². The maximum Gasteiger partial charge on any atom is 0.236 e. The number of nitrogens with zero attached hydrogens (tertiary/aromatic N) is 2. The Morgan fingerprint density at radius 1 is 1.03 bits per heavy atom. The smallest absolute Gasteiger partial charge is 0.236 e. The SMILES string of the molecule is C[C@@H]1CN(c2oc(-c3ccc(F)cc3)nc2S(=O)(=O)c2ccc(Cl)cc2)C[C@@H](C)O1. The summed E-state index contributed by atoms with van der Waals surface area (Å²) in [5, 5.41) is 0.239. The third-order valence-electron chi connectivity index (χ3n) is 4.76. The molecule has 0 amide bonds. The number of sulfone groups is 1. The lowest BCUT2D eigenvalue weighted by Gasteiger charge is -2.35. The molecule has 0 bridgehead atoms. The number of hydrogen-bond donors (Lipinski definition) is 0. The molecule has 0 N–H and O–H groups in total. The summed E-state index contributed by atoms with van der Waals surface area (Å²) >= 11 is 5.91. The van der Waals surface area contributed by atoms with Crippen molar-refractivity contribution in [1.29, 1.82) is 0 Å². The molecule has 1 fully saturated rings. The van der Waals surface area contributed by atoms with Crippen LogP contribution < -0.4 is 4.90 Å². The summed E-state index contributed by atoms with van der Waals surface area (Å²) in [6, 6.07) is 11.4. The fourth-order valence-corrected chi connectivity index (χ4v) is 4.91. The van der Waals surface area contributed by atoms with E-state index >= 15 is 0 Å². The Hall–Kier alpha value is -2.42. The van der Waals surface area contributed by atoms with Crippen LogP contribution in [0.15, 0.2) is 62.9 Å². The minimum Gasteiger partial charge on any atom is -0.419 e. The first kappa shape index (κ1) is 20.8. The van der Waals surface area contributed by atoms with Crippen molar-refractivity contribution < 1.29 is 22.0 Å². The first-order chi connectivity index (χ1) is 14.2. The number of anilines is 1. The number of aromatic nitrogens is 1. The first-order valence-electron chi connectivity index (χ1n) is 9.42. The summed E-state index contributed by atoms with van der Waals surface area (Å²) in [5.74, 6) is -0.161. The van der Waals surface area contributed by atoms with Crippen molar-refractivity contribution in [2.45, 2.75) is 36.0 Å². The highest BCUT2D eigenvalue weighted by Crippen LogP contribution is 2.36. The molecule has 2 aromatic carbocycles. The molecule has 2 heterocycles. The lowest BCUT2D eigenvalue weighted by atomic mass is 10.2. The average molecular weight is 451 g/mol. The van der Waals surface area contributed by atoms with Gasteiger partial charge in [0.2, 0.25) is 26.6 Å². The first-order valence-corrected chi connectivity index (χ1v) is 11.3. The van der Waals surface area contributed by atoms with Gasteiger partial charge in [-0.1, -0.05) is 11.6 Å². The molecular weight excluding hydrogens is 431 g/mol. The zero-order valence-corrected chi connectivity index (χ0v) is 18.0. The Bertz CT molecular complexity index is 1140. The van der Waals surface area contributed by atoms with E-state index in [9.17, 15) is 12.8 Å². The molecule has 1 aliphatic rings. The van der Waals surface area contributed by atoms with Crippen molar-refractivity contribution in [1.82, 2.24) is 4.98 Å². The van der Waals surface area contributed by atoms with Crippen molar-refractivity contribution >= 4 is 27.3 Å². The van der Waals surface area contributed by atoms with E-state index in [1.165, 1.54) is 48.5 Å². The van der Waals surface area contributed by atoms with Crippen molar-refractivity contribution in [3.63, 3.8) is 0 Å². The fourth-order valence-electron chi connectivity index (χ4n) is 3.46. The van der Waals surface area contributed by atoms with Crippen LogP contribution in [0.4, 0.5) is 10.3 Å². The van der Waals surface area contributed by atoms with E-state index in [-0.39, 0.29) is 33.9 Å². The van der Waals surface area contributed by atoms with Crippen LogP contribution in [0.3, 0.4) is 0 Å². The molecule has 1 aliphatic heterocycles. The number of hydrogen-bond acceptors (Lipinski definition) is 6. The number of oxazole rings is 1. The minimum atomic E-state index is -3.99. The Balaban J connectivity index is 1.85. The van der Waals surface area contributed by atoms with Gasteiger partial charge in [0.15, 0.2) is 0 Å². The highest BCUT2D eigenvalue weighted by Gasteiger charge is 2.34. The maximum absolute atomic E-state index is 13.4. The van der Waals surface area contributed by atoms with Gasteiger partial charge in [-0.15, -0.1) is 0 Å². The summed E-state index contributed by atoms with van der Waals surface area (Å²) in [6.45, 7) is 4.72. The molecule has 0 saturated carbocycles. The third kappa shape index (κ3) is 4.08. The molecule has 4 rings (SSSR count). The lowest BCUT2D eigenvalue weighted by Crippen LogP contribution is -2.45. The standard InChI is InChI=1S/C21H20ClFN2O4S/c1-13-11-25(12-14(2)28-13)21-20(30(26,27)18-9-5-16(22)6-10-18)24-19(29-21)15-3-7-17(23)8-4-15/h3-10,13-14H,11-12H2,1-2H3/t13-,14-/m1/s1. The molecular formula is C21H20ClFN2O4S. The monoisotopic (exact) mass is 450 g/mol. The molecule has 0 spiro atoms. The molecule has 6 nitrogen and oxygen atoms in total. The number of halogens is 2. The molecule has 9 heteroatoms. The lowest BCUT2D eigenvalue weighted by molar-refractivity contribution is -0.00657. The van der Waals surface area contributed by atoms with Crippen molar-refractivity contribution in [3.8, 4) is 11.5 Å². The zero-order chi connectivity index (χ0) is 21.5. The maximum atomic E-state index is 13.4. The van der Waals surface area contributed by atoms with Crippen molar-refractivity contribution in [2.75, 3.05) is 18.0 Å². The molecule has 0 radical (unpaired) electrons. The summed E-state index contributed by atoms with van der Waals surface area (Å²) in [5.41, 5.74) is 0.476. The number of rotatable bonds is 4. The van der Waals surface area contributed by atoms with Gasteiger partial charge in [0.05, 0.1) is 17.1 Å². The molecule has 158 valence electrons. The van der Waals surface area contributed by atoms with E-state index in [1.807, 2.05) is 18.7 Å². The molecule has 3 aromatic rings. The zero-order valence-electron chi connectivity index (χ0n) is 16.4. The number of benzene rings is 2. The predicted octanol–water partition coefficient (Wildman–Crippen LogP) is 4.58. The van der Waals surface area contributed by atoms with E-state index < -0.39 is 15.7 Å². The van der Waals surface area contributed by atoms with Crippen LogP contribution in [0.5, 0.6) is 0 Å². The van der Waals surface area contributed by atoms with Gasteiger partial charge in [-0.2, -0.15) is 4.98 Å². The fraction of sp³-hybridized carbons (Fsp3) is 0.286. The summed E-state index contributed by atoms with van der Waals surface area (Å²) < 4.78 is 51.8. The van der Waals surface area contributed by atoms with Gasteiger partial charge in [-0.3, -0.25) is 0 Å². The summed E-state index contributed by atoms with van der Waals surface area (Å²) in [6.07, 6.45) is -0.224. The molecule has 1 saturated heterocycles. The third-order valence-corrected chi connectivity index (χ3v) is 6.68. The van der Waals surface area contributed by atoms with Crippen LogP contribution in [0.25, 0.3) is 11.5 Å². The van der Waals surface area contributed by atoms with Gasteiger partial charge in [0.25, 0.3) is 0 Å². The molecule has 2 atom stereocenters. The van der Waals surface area contributed by atoms with Gasteiger partial charge in [-0.05, 0) is 62.4 Å².